The second kappa shape index (κ2) is 5.91. The van der Waals surface area contributed by atoms with Crippen LogP contribution in [0.2, 0.25) is 0 Å². The number of carboxylic acids is 1. The van der Waals surface area contributed by atoms with Crippen molar-refractivity contribution >= 4 is 28.9 Å². The molecule has 1 amide bonds. The van der Waals surface area contributed by atoms with Gasteiger partial charge in [0.1, 0.15) is 0 Å². The summed E-state index contributed by atoms with van der Waals surface area (Å²) in [6, 6.07) is 4.93. The minimum Gasteiger partial charge on any atom is -0.478 e. The number of hydrogen-bond donors (Lipinski definition) is 2. The van der Waals surface area contributed by atoms with E-state index in [0.717, 1.165) is 24.4 Å². The quantitative estimate of drug-likeness (QED) is 0.886. The molecule has 0 bridgehead atoms. The maximum Gasteiger partial charge on any atom is 0.335 e. The molecule has 0 saturated carbocycles. The van der Waals surface area contributed by atoms with Crippen LogP contribution in [0, 0.1) is 5.92 Å². The zero-order chi connectivity index (χ0) is 16.6. The number of nitrogens with one attached hydrogen (secondary N) is 1. The molecule has 1 atom stereocenters. The molecule has 2 N–H and O–H groups in total. The highest BCUT2D eigenvalue weighted by Crippen LogP contribution is 2.27. The van der Waals surface area contributed by atoms with E-state index in [1.807, 2.05) is 18.5 Å². The first-order chi connectivity index (χ1) is 11.0. The Kier molecular flexibility index (Phi) is 3.94. The van der Waals surface area contributed by atoms with Crippen LogP contribution in [0.5, 0.6) is 0 Å². The number of carbonyl (C=O) groups is 2. The Morgan fingerprint density at radius 3 is 2.91 bits per heavy atom. The molecule has 7 nitrogen and oxygen atoms in total. The Bertz CT molecular complexity index is 768. The van der Waals surface area contributed by atoms with Gasteiger partial charge in [-0.15, -0.1) is 0 Å². The van der Waals surface area contributed by atoms with Gasteiger partial charge in [0, 0.05) is 26.7 Å². The molecule has 1 aromatic carbocycles. The van der Waals surface area contributed by atoms with E-state index in [9.17, 15) is 9.59 Å². The van der Waals surface area contributed by atoms with Crippen molar-refractivity contribution in [2.45, 2.75) is 13.3 Å². The molecule has 1 unspecified atom stereocenters. The standard InChI is InChI=1S/C16H20N4O3/c1-3-17-14(21)11-6-7-20(9-11)16-18-12-8-10(15(22)23)4-5-13(12)19(16)2/h4-5,8,11H,3,6-7,9H2,1-2H3,(H,17,21)(H,22,23). The predicted octanol–water partition coefficient (Wildman–Crippen LogP) is 1.23. The van der Waals surface area contributed by atoms with Gasteiger partial charge in [0.25, 0.3) is 0 Å². The van der Waals surface area contributed by atoms with Crippen LogP contribution in [-0.4, -0.2) is 46.2 Å². The average molecular weight is 316 g/mol. The van der Waals surface area contributed by atoms with Gasteiger partial charge in [-0.1, -0.05) is 0 Å². The van der Waals surface area contributed by atoms with E-state index < -0.39 is 5.97 Å². The summed E-state index contributed by atoms with van der Waals surface area (Å²) in [5, 5.41) is 12.0. The van der Waals surface area contributed by atoms with Gasteiger partial charge < -0.3 is 19.9 Å². The van der Waals surface area contributed by atoms with Crippen molar-refractivity contribution in [3.05, 3.63) is 23.8 Å². The molecular formula is C16H20N4O3. The number of aromatic nitrogens is 2. The predicted molar refractivity (Wildman–Crippen MR) is 86.7 cm³/mol. The highest BCUT2D eigenvalue weighted by molar-refractivity contribution is 5.93. The van der Waals surface area contributed by atoms with Crippen LogP contribution in [-0.2, 0) is 11.8 Å². The molecule has 1 aliphatic rings. The number of imidazole rings is 1. The molecule has 7 heteroatoms. The monoisotopic (exact) mass is 316 g/mol. The average Bonchev–Trinajstić information content (AvgIpc) is 3.12. The number of amides is 1. The third-order valence-corrected chi connectivity index (χ3v) is 4.30. The fourth-order valence-corrected chi connectivity index (χ4v) is 3.08. The smallest absolute Gasteiger partial charge is 0.335 e. The van der Waals surface area contributed by atoms with Gasteiger partial charge in [-0.05, 0) is 31.5 Å². The lowest BCUT2D eigenvalue weighted by molar-refractivity contribution is -0.124. The van der Waals surface area contributed by atoms with E-state index >= 15 is 0 Å². The fourth-order valence-electron chi connectivity index (χ4n) is 3.08. The first kappa shape index (κ1) is 15.3. The lowest BCUT2D eigenvalue weighted by Crippen LogP contribution is -2.33. The lowest BCUT2D eigenvalue weighted by Gasteiger charge is -2.17. The summed E-state index contributed by atoms with van der Waals surface area (Å²) in [5.74, 6) is -0.128. The number of rotatable bonds is 4. The van der Waals surface area contributed by atoms with Crippen LogP contribution in [0.3, 0.4) is 0 Å². The van der Waals surface area contributed by atoms with Crippen molar-refractivity contribution in [2.75, 3.05) is 24.5 Å². The SMILES string of the molecule is CCNC(=O)C1CCN(c2nc3cc(C(=O)O)ccc3n2C)C1. The Morgan fingerprint density at radius 2 is 2.22 bits per heavy atom. The second-order valence-corrected chi connectivity index (χ2v) is 5.81. The summed E-state index contributed by atoms with van der Waals surface area (Å²) in [7, 11) is 1.91. The maximum absolute atomic E-state index is 12.0. The molecule has 2 heterocycles. The largest absolute Gasteiger partial charge is 0.478 e. The summed E-state index contributed by atoms with van der Waals surface area (Å²) >= 11 is 0. The van der Waals surface area contributed by atoms with Crippen molar-refractivity contribution in [3.8, 4) is 0 Å². The molecule has 0 aliphatic carbocycles. The molecule has 1 aromatic heterocycles. The maximum atomic E-state index is 12.0. The highest BCUT2D eigenvalue weighted by Gasteiger charge is 2.30. The molecule has 23 heavy (non-hydrogen) atoms. The van der Waals surface area contributed by atoms with Crippen LogP contribution >= 0.6 is 0 Å². The van der Waals surface area contributed by atoms with Crippen molar-refractivity contribution in [1.82, 2.24) is 14.9 Å². The number of carbonyl (C=O) groups excluding carboxylic acids is 1. The molecular weight excluding hydrogens is 296 g/mol. The zero-order valence-electron chi connectivity index (χ0n) is 13.2. The third kappa shape index (κ3) is 2.74. The van der Waals surface area contributed by atoms with Crippen LogP contribution in [0.1, 0.15) is 23.7 Å². The number of fused-ring (bicyclic) bond motifs is 1. The Morgan fingerprint density at radius 1 is 1.43 bits per heavy atom. The van der Waals surface area contributed by atoms with Gasteiger partial charge in [-0.25, -0.2) is 9.78 Å². The summed E-state index contributed by atoms with van der Waals surface area (Å²) in [5.41, 5.74) is 1.76. The number of benzene rings is 1. The van der Waals surface area contributed by atoms with Crippen LogP contribution in [0.25, 0.3) is 11.0 Å². The number of aryl methyl sites for hydroxylation is 1. The highest BCUT2D eigenvalue weighted by atomic mass is 16.4. The fraction of sp³-hybridized carbons (Fsp3) is 0.438. The Labute approximate surface area is 133 Å². The van der Waals surface area contributed by atoms with Crippen molar-refractivity contribution in [3.63, 3.8) is 0 Å². The van der Waals surface area contributed by atoms with Crippen LogP contribution in [0.15, 0.2) is 18.2 Å². The lowest BCUT2D eigenvalue weighted by atomic mass is 10.1. The minimum atomic E-state index is -0.962. The number of nitrogens with zero attached hydrogens (tertiary/aromatic N) is 3. The molecule has 122 valence electrons. The first-order valence-electron chi connectivity index (χ1n) is 7.73. The topological polar surface area (TPSA) is 87.5 Å². The molecule has 1 aliphatic heterocycles. The van der Waals surface area contributed by atoms with Crippen molar-refractivity contribution in [1.29, 1.82) is 0 Å². The van der Waals surface area contributed by atoms with E-state index in [2.05, 4.69) is 15.2 Å². The summed E-state index contributed by atoms with van der Waals surface area (Å²) in [4.78, 5) is 29.7. The molecule has 0 radical (unpaired) electrons. The van der Waals surface area contributed by atoms with Gasteiger partial charge in [0.2, 0.25) is 11.9 Å². The number of carboxylic acid groups (broad SMARTS) is 1. The number of anilines is 1. The Balaban J connectivity index is 1.87. The summed E-state index contributed by atoms with van der Waals surface area (Å²) < 4.78 is 1.95. The molecule has 0 spiro atoms. The van der Waals surface area contributed by atoms with E-state index in [-0.39, 0.29) is 17.4 Å². The van der Waals surface area contributed by atoms with Gasteiger partial charge in [-0.3, -0.25) is 4.79 Å². The third-order valence-electron chi connectivity index (χ3n) is 4.30. The summed E-state index contributed by atoms with van der Waals surface area (Å²) in [6.45, 7) is 3.95. The van der Waals surface area contributed by atoms with E-state index in [0.29, 0.717) is 18.6 Å². The van der Waals surface area contributed by atoms with E-state index in [1.165, 1.54) is 0 Å². The molecule has 1 fully saturated rings. The number of aromatic carboxylic acids is 1. The summed E-state index contributed by atoms with van der Waals surface area (Å²) in [6.07, 6.45) is 0.801. The Hall–Kier alpha value is -2.57. The van der Waals surface area contributed by atoms with Crippen molar-refractivity contribution in [2.24, 2.45) is 13.0 Å². The zero-order valence-corrected chi connectivity index (χ0v) is 13.2. The van der Waals surface area contributed by atoms with Crippen LogP contribution in [0.4, 0.5) is 5.95 Å². The first-order valence-corrected chi connectivity index (χ1v) is 7.73. The van der Waals surface area contributed by atoms with Gasteiger partial charge in [-0.2, -0.15) is 0 Å². The molecule has 1 saturated heterocycles. The molecule has 2 aromatic rings. The minimum absolute atomic E-state index is 0.0238. The van der Waals surface area contributed by atoms with Crippen molar-refractivity contribution < 1.29 is 14.7 Å². The van der Waals surface area contributed by atoms with Crippen LogP contribution < -0.4 is 10.2 Å². The van der Waals surface area contributed by atoms with Gasteiger partial charge in [0.05, 0.1) is 22.5 Å². The van der Waals surface area contributed by atoms with E-state index in [4.69, 9.17) is 5.11 Å². The second-order valence-electron chi connectivity index (χ2n) is 5.81. The van der Waals surface area contributed by atoms with E-state index in [1.54, 1.807) is 18.2 Å². The van der Waals surface area contributed by atoms with Gasteiger partial charge in [0.15, 0.2) is 0 Å². The van der Waals surface area contributed by atoms with Gasteiger partial charge >= 0.3 is 5.97 Å². The normalized spacial score (nSPS) is 17.7. The molecule has 3 rings (SSSR count). The number of hydrogen-bond acceptors (Lipinski definition) is 4.